The molecule has 1 unspecified atom stereocenters. The van der Waals surface area contributed by atoms with Gasteiger partial charge in [-0.1, -0.05) is 17.7 Å². The van der Waals surface area contributed by atoms with Gasteiger partial charge in [0.15, 0.2) is 0 Å². The quantitative estimate of drug-likeness (QED) is 0.742. The summed E-state index contributed by atoms with van der Waals surface area (Å²) < 4.78 is 27.2. The maximum Gasteiger partial charge on any atom is 0.243 e. The average molecular weight is 395 g/mol. The average Bonchev–Trinajstić information content (AvgIpc) is 2.69. The van der Waals surface area contributed by atoms with Gasteiger partial charge in [0.25, 0.3) is 0 Å². The molecule has 0 bridgehead atoms. The van der Waals surface area contributed by atoms with Gasteiger partial charge in [0.2, 0.25) is 15.9 Å². The van der Waals surface area contributed by atoms with E-state index in [0.29, 0.717) is 18.0 Å². The monoisotopic (exact) mass is 394 g/mol. The Morgan fingerprint density at radius 2 is 1.85 bits per heavy atom. The smallest absolute Gasteiger partial charge is 0.243 e. The SMILES string of the molecule is Cc1ccc(S(=O)(=O)N2CCCC(C(=O)NCC[NH+]3CCCCC3)C2)cc1. The number of nitrogens with zero attached hydrogens (tertiary/aromatic N) is 1. The van der Waals surface area contributed by atoms with Gasteiger partial charge in [0.05, 0.1) is 37.0 Å². The van der Waals surface area contributed by atoms with E-state index >= 15 is 0 Å². The van der Waals surface area contributed by atoms with Crippen LogP contribution in [-0.2, 0) is 14.8 Å². The lowest BCUT2D eigenvalue weighted by Crippen LogP contribution is -3.13. The highest BCUT2D eigenvalue weighted by molar-refractivity contribution is 7.89. The molecule has 0 aliphatic carbocycles. The first-order valence-corrected chi connectivity index (χ1v) is 11.6. The molecular weight excluding hydrogens is 362 g/mol. The van der Waals surface area contributed by atoms with Crippen LogP contribution in [0.5, 0.6) is 0 Å². The molecule has 2 saturated heterocycles. The summed E-state index contributed by atoms with van der Waals surface area (Å²) in [6, 6.07) is 6.92. The molecule has 2 aliphatic rings. The third-order valence-electron chi connectivity index (χ3n) is 5.75. The Bertz CT molecular complexity index is 727. The molecule has 0 aromatic heterocycles. The molecule has 1 aromatic carbocycles. The highest BCUT2D eigenvalue weighted by Crippen LogP contribution is 2.24. The van der Waals surface area contributed by atoms with Crippen molar-refractivity contribution in [2.24, 2.45) is 5.92 Å². The zero-order valence-electron chi connectivity index (χ0n) is 16.2. The number of rotatable bonds is 6. The predicted molar refractivity (Wildman–Crippen MR) is 105 cm³/mol. The van der Waals surface area contributed by atoms with Gasteiger partial charge in [-0.25, -0.2) is 8.42 Å². The molecular formula is C20H32N3O3S+. The molecule has 0 spiro atoms. The van der Waals surface area contributed by atoms with Crippen molar-refractivity contribution in [3.8, 4) is 0 Å². The second-order valence-electron chi connectivity index (χ2n) is 7.87. The molecule has 2 N–H and O–H groups in total. The van der Waals surface area contributed by atoms with Crippen molar-refractivity contribution in [2.75, 3.05) is 39.3 Å². The lowest BCUT2D eigenvalue weighted by molar-refractivity contribution is -0.903. The minimum absolute atomic E-state index is 0.00443. The molecule has 150 valence electrons. The van der Waals surface area contributed by atoms with Crippen LogP contribution in [0.3, 0.4) is 0 Å². The second-order valence-corrected chi connectivity index (χ2v) is 9.80. The first-order valence-electron chi connectivity index (χ1n) is 10.1. The number of aryl methyl sites for hydroxylation is 1. The Balaban J connectivity index is 1.53. The molecule has 7 heteroatoms. The van der Waals surface area contributed by atoms with Crippen LogP contribution >= 0.6 is 0 Å². The molecule has 3 rings (SSSR count). The van der Waals surface area contributed by atoms with Crippen LogP contribution in [0, 0.1) is 12.8 Å². The van der Waals surface area contributed by atoms with Crippen LogP contribution in [0.1, 0.15) is 37.7 Å². The predicted octanol–water partition coefficient (Wildman–Crippen LogP) is 0.581. The van der Waals surface area contributed by atoms with Crippen LogP contribution < -0.4 is 10.2 Å². The number of quaternary nitrogens is 1. The summed E-state index contributed by atoms with van der Waals surface area (Å²) in [6.45, 7) is 6.72. The number of carbonyl (C=O) groups excluding carboxylic acids is 1. The van der Waals surface area contributed by atoms with Crippen molar-refractivity contribution in [2.45, 2.75) is 43.9 Å². The van der Waals surface area contributed by atoms with E-state index in [4.69, 9.17) is 0 Å². The highest BCUT2D eigenvalue weighted by Gasteiger charge is 2.33. The summed E-state index contributed by atoms with van der Waals surface area (Å²) in [5.41, 5.74) is 1.03. The Hall–Kier alpha value is -1.44. The zero-order chi connectivity index (χ0) is 19.3. The molecule has 2 fully saturated rings. The molecule has 1 amide bonds. The van der Waals surface area contributed by atoms with E-state index in [0.717, 1.165) is 24.9 Å². The molecule has 27 heavy (non-hydrogen) atoms. The van der Waals surface area contributed by atoms with E-state index in [1.807, 2.05) is 19.1 Å². The largest absolute Gasteiger partial charge is 0.350 e. The van der Waals surface area contributed by atoms with Crippen LogP contribution in [-0.4, -0.2) is 57.9 Å². The summed E-state index contributed by atoms with van der Waals surface area (Å²) in [4.78, 5) is 14.4. The van der Waals surface area contributed by atoms with Gasteiger partial charge >= 0.3 is 0 Å². The lowest BCUT2D eigenvalue weighted by atomic mass is 9.99. The molecule has 1 aromatic rings. The Kier molecular flexibility index (Phi) is 6.89. The van der Waals surface area contributed by atoms with Gasteiger partial charge in [0, 0.05) is 13.1 Å². The van der Waals surface area contributed by atoms with Crippen molar-refractivity contribution >= 4 is 15.9 Å². The Morgan fingerprint density at radius 3 is 2.56 bits per heavy atom. The Labute approximate surface area is 163 Å². The van der Waals surface area contributed by atoms with Crippen molar-refractivity contribution in [1.82, 2.24) is 9.62 Å². The third kappa shape index (κ3) is 5.30. The maximum atomic E-state index is 12.9. The fourth-order valence-electron chi connectivity index (χ4n) is 4.04. The van der Waals surface area contributed by atoms with E-state index in [-0.39, 0.29) is 18.4 Å². The molecule has 0 radical (unpaired) electrons. The van der Waals surface area contributed by atoms with Crippen LogP contribution in [0.25, 0.3) is 0 Å². The van der Waals surface area contributed by atoms with E-state index in [2.05, 4.69) is 5.32 Å². The summed E-state index contributed by atoms with van der Waals surface area (Å²) in [5, 5.41) is 3.04. The number of nitrogens with one attached hydrogen (secondary N) is 2. The van der Waals surface area contributed by atoms with Gasteiger partial charge in [-0.2, -0.15) is 4.31 Å². The molecule has 0 saturated carbocycles. The summed E-state index contributed by atoms with van der Waals surface area (Å²) in [5.74, 6) is -0.259. The standard InChI is InChI=1S/C20H31N3O3S/c1-17-7-9-19(10-8-17)27(25,26)23-14-5-6-18(16-23)20(24)21-11-15-22-12-3-2-4-13-22/h7-10,18H,2-6,11-16H2,1H3,(H,21,24)/p+1. The maximum absolute atomic E-state index is 12.9. The number of likely N-dealkylation sites (tertiary alicyclic amines) is 1. The second kappa shape index (κ2) is 9.17. The van der Waals surface area contributed by atoms with E-state index in [1.54, 1.807) is 17.0 Å². The zero-order valence-corrected chi connectivity index (χ0v) is 17.1. The number of sulfonamides is 1. The van der Waals surface area contributed by atoms with Gasteiger partial charge < -0.3 is 10.2 Å². The third-order valence-corrected chi connectivity index (χ3v) is 7.63. The number of piperidine rings is 2. The van der Waals surface area contributed by atoms with Crippen molar-refractivity contribution < 1.29 is 18.1 Å². The first kappa shape index (κ1) is 20.3. The summed E-state index contributed by atoms with van der Waals surface area (Å²) in [6.07, 6.45) is 5.35. The number of amides is 1. The van der Waals surface area contributed by atoms with E-state index < -0.39 is 10.0 Å². The number of benzene rings is 1. The van der Waals surface area contributed by atoms with Crippen LogP contribution in [0.15, 0.2) is 29.2 Å². The van der Waals surface area contributed by atoms with Crippen LogP contribution in [0.2, 0.25) is 0 Å². The van der Waals surface area contributed by atoms with E-state index in [1.165, 1.54) is 36.7 Å². The molecule has 6 nitrogen and oxygen atoms in total. The van der Waals surface area contributed by atoms with Gasteiger partial charge in [0.1, 0.15) is 0 Å². The van der Waals surface area contributed by atoms with Crippen molar-refractivity contribution in [3.63, 3.8) is 0 Å². The first-order chi connectivity index (χ1) is 13.0. The summed E-state index contributed by atoms with van der Waals surface area (Å²) in [7, 11) is -3.53. The van der Waals surface area contributed by atoms with Gasteiger partial charge in [-0.3, -0.25) is 4.79 Å². The molecule has 1 atom stereocenters. The van der Waals surface area contributed by atoms with Crippen molar-refractivity contribution in [1.29, 1.82) is 0 Å². The minimum Gasteiger partial charge on any atom is -0.350 e. The normalized spacial score (nSPS) is 22.5. The molecule has 2 heterocycles. The van der Waals surface area contributed by atoms with Crippen molar-refractivity contribution in [3.05, 3.63) is 29.8 Å². The Morgan fingerprint density at radius 1 is 1.15 bits per heavy atom. The van der Waals surface area contributed by atoms with Gasteiger partial charge in [-0.05, 0) is 51.2 Å². The fraction of sp³-hybridized carbons (Fsp3) is 0.650. The number of hydrogen-bond acceptors (Lipinski definition) is 3. The van der Waals surface area contributed by atoms with E-state index in [9.17, 15) is 13.2 Å². The number of carbonyl (C=O) groups is 1. The topological polar surface area (TPSA) is 70.9 Å². The molecule has 2 aliphatic heterocycles. The van der Waals surface area contributed by atoms with Crippen LogP contribution in [0.4, 0.5) is 0 Å². The summed E-state index contributed by atoms with van der Waals surface area (Å²) >= 11 is 0. The highest BCUT2D eigenvalue weighted by atomic mass is 32.2. The minimum atomic E-state index is -3.53. The van der Waals surface area contributed by atoms with Gasteiger partial charge in [-0.15, -0.1) is 0 Å². The fourth-order valence-corrected chi connectivity index (χ4v) is 5.57. The number of hydrogen-bond donors (Lipinski definition) is 2. The lowest BCUT2D eigenvalue weighted by Gasteiger charge is -2.31.